The summed E-state index contributed by atoms with van der Waals surface area (Å²) in [7, 11) is -4.15. The molecular formula is C23H17F4N3O4S. The molecule has 0 radical (unpaired) electrons. The number of nitrogens with one attached hydrogen (secondary N) is 1. The van der Waals surface area contributed by atoms with Gasteiger partial charge in [0.25, 0.3) is 0 Å². The Bertz CT molecular complexity index is 1480. The first kappa shape index (κ1) is 24.3. The van der Waals surface area contributed by atoms with Gasteiger partial charge < -0.3 is 4.74 Å². The number of carbonyl (C=O) groups excluding carboxylic acids is 1. The standard InChI is InChI=1S/C23H17F4N3O4S/c24-19-7-6-18(10-21(19)34-13-23(25,26)27)35(32,33)17-4-1-14(2-5-17)3-8-20(31)15-9-16-12-29-30-22(16)28-11-15/h1-2,4-7,9-12H,3,8,13H2,(H,28,29,30). The van der Waals surface area contributed by atoms with Gasteiger partial charge in [-0.1, -0.05) is 12.1 Å². The number of hydrogen-bond donors (Lipinski definition) is 1. The van der Waals surface area contributed by atoms with Crippen molar-refractivity contribution in [3.05, 3.63) is 77.9 Å². The number of rotatable bonds is 8. The van der Waals surface area contributed by atoms with Gasteiger partial charge in [0.2, 0.25) is 9.84 Å². The number of nitrogens with zero attached hydrogens (tertiary/aromatic N) is 2. The Morgan fingerprint density at radius 1 is 1.00 bits per heavy atom. The van der Waals surface area contributed by atoms with Gasteiger partial charge in [0.1, 0.15) is 0 Å². The van der Waals surface area contributed by atoms with Crippen molar-refractivity contribution in [1.82, 2.24) is 15.2 Å². The fraction of sp³-hybridized carbons (Fsp3) is 0.174. The van der Waals surface area contributed by atoms with Crippen molar-refractivity contribution >= 4 is 26.7 Å². The first-order valence-corrected chi connectivity index (χ1v) is 11.7. The number of hydrogen-bond acceptors (Lipinski definition) is 6. The molecule has 4 aromatic rings. The first-order valence-electron chi connectivity index (χ1n) is 10.2. The molecule has 35 heavy (non-hydrogen) atoms. The van der Waals surface area contributed by atoms with E-state index in [1.807, 2.05) is 0 Å². The molecule has 0 saturated carbocycles. The molecule has 182 valence electrons. The highest BCUT2D eigenvalue weighted by atomic mass is 32.2. The number of pyridine rings is 1. The smallest absolute Gasteiger partial charge is 0.422 e. The summed E-state index contributed by atoms with van der Waals surface area (Å²) in [5, 5.41) is 7.26. The molecule has 2 heterocycles. The minimum atomic E-state index is -4.71. The van der Waals surface area contributed by atoms with E-state index in [0.29, 0.717) is 34.6 Å². The Hall–Kier alpha value is -3.80. The van der Waals surface area contributed by atoms with Gasteiger partial charge in [-0.25, -0.2) is 17.8 Å². The quantitative estimate of drug-likeness (QED) is 0.211. The van der Waals surface area contributed by atoms with Gasteiger partial charge in [0.05, 0.1) is 16.0 Å². The second-order valence-corrected chi connectivity index (χ2v) is 9.55. The average Bonchev–Trinajstić information content (AvgIpc) is 3.29. The Morgan fingerprint density at radius 3 is 2.43 bits per heavy atom. The van der Waals surface area contributed by atoms with E-state index in [1.165, 1.54) is 30.5 Å². The molecule has 2 aromatic heterocycles. The SMILES string of the molecule is O=C(CCc1ccc(S(=O)(=O)c2ccc(F)c(OCC(F)(F)F)c2)cc1)c1cnc2[nH]ncc2c1. The number of alkyl halides is 3. The van der Waals surface area contributed by atoms with Crippen LogP contribution in [0.5, 0.6) is 5.75 Å². The van der Waals surface area contributed by atoms with Crippen molar-refractivity contribution < 1.29 is 35.5 Å². The van der Waals surface area contributed by atoms with Crippen LogP contribution in [-0.4, -0.2) is 42.2 Å². The summed E-state index contributed by atoms with van der Waals surface area (Å²) in [6.45, 7) is -1.76. The fourth-order valence-electron chi connectivity index (χ4n) is 3.28. The molecule has 0 amide bonds. The lowest BCUT2D eigenvalue weighted by Crippen LogP contribution is -2.19. The lowest BCUT2D eigenvalue weighted by atomic mass is 10.0. The number of fused-ring (bicyclic) bond motifs is 1. The number of halogens is 4. The van der Waals surface area contributed by atoms with E-state index in [1.54, 1.807) is 12.3 Å². The molecule has 7 nitrogen and oxygen atoms in total. The number of sulfone groups is 1. The Balaban J connectivity index is 1.45. The summed E-state index contributed by atoms with van der Waals surface area (Å²) in [4.78, 5) is 16.1. The molecule has 1 N–H and O–H groups in total. The van der Waals surface area contributed by atoms with Crippen molar-refractivity contribution in [2.45, 2.75) is 28.8 Å². The van der Waals surface area contributed by atoms with Crippen LogP contribution in [0.15, 0.2) is 70.7 Å². The zero-order valence-corrected chi connectivity index (χ0v) is 18.7. The summed E-state index contributed by atoms with van der Waals surface area (Å²) < 4.78 is 81.1. The molecule has 4 rings (SSSR count). The third-order valence-corrected chi connectivity index (χ3v) is 6.86. The first-order chi connectivity index (χ1) is 16.5. The van der Waals surface area contributed by atoms with E-state index in [-0.39, 0.29) is 17.1 Å². The van der Waals surface area contributed by atoms with Crippen LogP contribution < -0.4 is 4.74 Å². The molecule has 0 spiro atoms. The van der Waals surface area contributed by atoms with Crippen molar-refractivity contribution in [1.29, 1.82) is 0 Å². The molecule has 0 aliphatic rings. The van der Waals surface area contributed by atoms with Crippen LogP contribution in [0.25, 0.3) is 11.0 Å². The third-order valence-electron chi connectivity index (χ3n) is 5.09. The Morgan fingerprint density at radius 2 is 1.71 bits per heavy atom. The molecule has 0 saturated heterocycles. The number of H-pyrrole nitrogens is 1. The normalized spacial score (nSPS) is 12.1. The van der Waals surface area contributed by atoms with Gasteiger partial charge in [0.15, 0.2) is 29.6 Å². The van der Waals surface area contributed by atoms with E-state index < -0.39 is 39.1 Å². The van der Waals surface area contributed by atoms with Crippen LogP contribution >= 0.6 is 0 Å². The fourth-order valence-corrected chi connectivity index (χ4v) is 4.56. The monoisotopic (exact) mass is 507 g/mol. The van der Waals surface area contributed by atoms with E-state index in [4.69, 9.17) is 0 Å². The molecule has 0 bridgehead atoms. The Labute approximate surface area is 196 Å². The summed E-state index contributed by atoms with van der Waals surface area (Å²) in [5.41, 5.74) is 1.69. The summed E-state index contributed by atoms with van der Waals surface area (Å²) in [6, 6.07) is 9.76. The maximum Gasteiger partial charge on any atom is 0.422 e. The zero-order valence-electron chi connectivity index (χ0n) is 17.8. The maximum atomic E-state index is 13.8. The predicted octanol–water partition coefficient (Wildman–Crippen LogP) is 4.69. The second kappa shape index (κ2) is 9.45. The van der Waals surface area contributed by atoms with Gasteiger partial charge in [-0.05, 0) is 42.3 Å². The van der Waals surface area contributed by atoms with E-state index >= 15 is 0 Å². The molecule has 0 atom stereocenters. The van der Waals surface area contributed by atoms with Crippen LogP contribution in [0, 0.1) is 5.82 Å². The number of ketones is 1. The summed E-state index contributed by atoms with van der Waals surface area (Å²) in [5.74, 6) is -2.08. The molecule has 2 aromatic carbocycles. The molecule has 0 aliphatic carbocycles. The number of carbonyl (C=O) groups is 1. The maximum absolute atomic E-state index is 13.8. The highest BCUT2D eigenvalue weighted by molar-refractivity contribution is 7.91. The molecule has 12 heteroatoms. The van der Waals surface area contributed by atoms with Crippen molar-refractivity contribution in [3.8, 4) is 5.75 Å². The van der Waals surface area contributed by atoms with Crippen LogP contribution in [0.3, 0.4) is 0 Å². The molecular weight excluding hydrogens is 490 g/mol. The topological polar surface area (TPSA) is 102 Å². The number of aromatic amines is 1. The van der Waals surface area contributed by atoms with E-state index in [9.17, 15) is 30.8 Å². The molecule has 0 unspecified atom stereocenters. The number of ether oxygens (including phenoxy) is 1. The number of Topliss-reactive ketones (excluding diaryl/α,β-unsaturated/α-hetero) is 1. The zero-order chi connectivity index (χ0) is 25.2. The third kappa shape index (κ3) is 5.65. The van der Waals surface area contributed by atoms with Gasteiger partial charge in [-0.2, -0.15) is 18.3 Å². The molecule has 0 fully saturated rings. The average molecular weight is 507 g/mol. The number of aryl methyl sites for hydroxylation is 1. The largest absolute Gasteiger partial charge is 0.481 e. The number of aromatic nitrogens is 3. The highest BCUT2D eigenvalue weighted by Crippen LogP contribution is 2.28. The van der Waals surface area contributed by atoms with Crippen LogP contribution in [0.2, 0.25) is 0 Å². The second-order valence-electron chi connectivity index (χ2n) is 7.60. The van der Waals surface area contributed by atoms with Crippen LogP contribution in [-0.2, 0) is 16.3 Å². The van der Waals surface area contributed by atoms with E-state index in [0.717, 1.165) is 12.1 Å². The lowest BCUT2D eigenvalue weighted by molar-refractivity contribution is -0.153. The van der Waals surface area contributed by atoms with Crippen molar-refractivity contribution in [2.24, 2.45) is 0 Å². The van der Waals surface area contributed by atoms with E-state index in [2.05, 4.69) is 19.9 Å². The minimum absolute atomic E-state index is 0.143. The minimum Gasteiger partial charge on any atom is -0.481 e. The van der Waals surface area contributed by atoms with Crippen molar-refractivity contribution in [2.75, 3.05) is 6.61 Å². The van der Waals surface area contributed by atoms with Gasteiger partial charge in [-0.15, -0.1) is 0 Å². The van der Waals surface area contributed by atoms with Crippen LogP contribution in [0.1, 0.15) is 22.3 Å². The lowest BCUT2D eigenvalue weighted by Gasteiger charge is -2.12. The van der Waals surface area contributed by atoms with Crippen LogP contribution in [0.4, 0.5) is 17.6 Å². The predicted molar refractivity (Wildman–Crippen MR) is 116 cm³/mol. The highest BCUT2D eigenvalue weighted by Gasteiger charge is 2.29. The summed E-state index contributed by atoms with van der Waals surface area (Å²) in [6.07, 6.45) is -1.19. The van der Waals surface area contributed by atoms with Crippen molar-refractivity contribution in [3.63, 3.8) is 0 Å². The van der Waals surface area contributed by atoms with Gasteiger partial charge in [0, 0.05) is 29.6 Å². The summed E-state index contributed by atoms with van der Waals surface area (Å²) >= 11 is 0. The van der Waals surface area contributed by atoms with Gasteiger partial charge >= 0.3 is 6.18 Å². The molecule has 0 aliphatic heterocycles. The Kier molecular flexibility index (Phi) is 6.57. The number of benzene rings is 2. The van der Waals surface area contributed by atoms with Gasteiger partial charge in [-0.3, -0.25) is 9.89 Å².